The number of likely N-dealkylation sites (tertiary alicyclic amines) is 1. The molecule has 1 unspecified atom stereocenters. The van der Waals surface area contributed by atoms with Gasteiger partial charge in [0.05, 0.1) is 11.7 Å². The number of nitrogens with zero attached hydrogens (tertiary/aromatic N) is 4. The minimum absolute atomic E-state index is 0.0720. The van der Waals surface area contributed by atoms with Crippen molar-refractivity contribution >= 4 is 28.6 Å². The minimum atomic E-state index is -0.609. The first kappa shape index (κ1) is 21.7. The molecule has 2 atom stereocenters. The van der Waals surface area contributed by atoms with Gasteiger partial charge in [-0.15, -0.1) is 0 Å². The number of carbonyl (C=O) groups is 3. The molecular weight excluding hydrogens is 446 g/mol. The zero-order valence-corrected chi connectivity index (χ0v) is 19.1. The third kappa shape index (κ3) is 4.23. The topological polar surface area (TPSA) is 105 Å². The van der Waals surface area contributed by atoms with Gasteiger partial charge in [-0.3, -0.25) is 24.6 Å². The number of amides is 3. The summed E-state index contributed by atoms with van der Waals surface area (Å²) in [5.41, 5.74) is 3.57. The molecule has 3 aromatic rings. The molecule has 1 aromatic heterocycles. The molecule has 2 saturated heterocycles. The highest BCUT2D eigenvalue weighted by atomic mass is 16.5. The van der Waals surface area contributed by atoms with Crippen LogP contribution in [0.3, 0.4) is 0 Å². The molecule has 178 valence electrons. The van der Waals surface area contributed by atoms with E-state index >= 15 is 0 Å². The summed E-state index contributed by atoms with van der Waals surface area (Å²) in [5.74, 6) is -0.122. The standard InChI is InChI=1S/C26H25N5O4/c32-24-6-5-23(25(33)28-24)31-14-18-12-19(2-3-21(18)26(31)34)35-20-8-10-30(15-20)13-16-1-4-22-17(11-16)7-9-27-29-22/h1-4,7,9,11-12,20,23H,5-6,8,10,13-15H2,(H,28,32,33)/t20-,23?/m0/s1. The van der Waals surface area contributed by atoms with Gasteiger partial charge >= 0.3 is 0 Å². The summed E-state index contributed by atoms with van der Waals surface area (Å²) in [7, 11) is 0. The number of piperidine rings is 1. The Kier molecular flexibility index (Phi) is 5.41. The van der Waals surface area contributed by atoms with E-state index in [1.54, 1.807) is 17.2 Å². The lowest BCUT2D eigenvalue weighted by molar-refractivity contribution is -0.136. The first-order valence-electron chi connectivity index (χ1n) is 11.9. The molecule has 2 aromatic carbocycles. The average molecular weight is 472 g/mol. The number of rotatable bonds is 5. The third-order valence-corrected chi connectivity index (χ3v) is 7.01. The predicted molar refractivity (Wildman–Crippen MR) is 126 cm³/mol. The SMILES string of the molecule is O=C1CCC(N2Cc3cc(O[C@H]4CCN(Cc5ccc6nnccc6c5)C4)ccc3C2=O)C(=O)N1. The van der Waals surface area contributed by atoms with Crippen molar-refractivity contribution in [1.82, 2.24) is 25.3 Å². The lowest BCUT2D eigenvalue weighted by atomic mass is 10.0. The normalized spacial score (nSPS) is 22.5. The van der Waals surface area contributed by atoms with Gasteiger partial charge in [-0.1, -0.05) is 6.07 Å². The monoisotopic (exact) mass is 471 g/mol. The quantitative estimate of drug-likeness (QED) is 0.568. The van der Waals surface area contributed by atoms with Crippen molar-refractivity contribution < 1.29 is 19.1 Å². The molecule has 9 heteroatoms. The maximum atomic E-state index is 12.9. The first-order chi connectivity index (χ1) is 17.0. The summed E-state index contributed by atoms with van der Waals surface area (Å²) < 4.78 is 6.28. The van der Waals surface area contributed by atoms with Gasteiger partial charge in [-0.05, 0) is 60.4 Å². The molecular formula is C26H25N5O4. The number of fused-ring (bicyclic) bond motifs is 2. The maximum Gasteiger partial charge on any atom is 0.255 e. The number of carbonyl (C=O) groups excluding carboxylic acids is 3. The number of hydrogen-bond acceptors (Lipinski definition) is 7. The summed E-state index contributed by atoms with van der Waals surface area (Å²) in [6, 6.07) is 13.1. The molecule has 6 rings (SSSR count). The van der Waals surface area contributed by atoms with Crippen LogP contribution in [0.1, 0.15) is 40.7 Å². The number of nitrogens with one attached hydrogen (secondary N) is 1. The van der Waals surface area contributed by atoms with Gasteiger partial charge in [0.25, 0.3) is 5.91 Å². The molecule has 35 heavy (non-hydrogen) atoms. The Hall–Kier alpha value is -3.85. The molecule has 0 spiro atoms. The molecule has 4 heterocycles. The Morgan fingerprint density at radius 2 is 1.97 bits per heavy atom. The number of aromatic nitrogens is 2. The summed E-state index contributed by atoms with van der Waals surface area (Å²) >= 11 is 0. The highest BCUT2D eigenvalue weighted by molar-refractivity contribution is 6.05. The fourth-order valence-electron chi connectivity index (χ4n) is 5.25. The van der Waals surface area contributed by atoms with Crippen LogP contribution in [-0.2, 0) is 22.7 Å². The molecule has 0 aliphatic carbocycles. The van der Waals surface area contributed by atoms with Crippen molar-refractivity contribution in [2.75, 3.05) is 13.1 Å². The highest BCUT2D eigenvalue weighted by Gasteiger charge is 2.39. The second-order valence-electron chi connectivity index (χ2n) is 9.41. The highest BCUT2D eigenvalue weighted by Crippen LogP contribution is 2.31. The van der Waals surface area contributed by atoms with Gasteiger partial charge < -0.3 is 9.64 Å². The summed E-state index contributed by atoms with van der Waals surface area (Å²) in [6.07, 6.45) is 3.31. The smallest absolute Gasteiger partial charge is 0.255 e. The molecule has 0 bridgehead atoms. The Labute approximate surface area is 202 Å². The summed E-state index contributed by atoms with van der Waals surface area (Å²) in [6.45, 7) is 2.97. The van der Waals surface area contributed by atoms with Crippen LogP contribution < -0.4 is 10.1 Å². The van der Waals surface area contributed by atoms with Gasteiger partial charge in [0.1, 0.15) is 17.9 Å². The molecule has 3 aliphatic rings. The molecule has 3 amide bonds. The van der Waals surface area contributed by atoms with E-state index in [9.17, 15) is 14.4 Å². The fourth-order valence-corrected chi connectivity index (χ4v) is 5.25. The van der Waals surface area contributed by atoms with Crippen molar-refractivity contribution in [3.63, 3.8) is 0 Å². The van der Waals surface area contributed by atoms with Crippen LogP contribution in [0.15, 0.2) is 48.7 Å². The van der Waals surface area contributed by atoms with E-state index in [1.165, 1.54) is 5.56 Å². The van der Waals surface area contributed by atoms with Crippen LogP contribution in [0.5, 0.6) is 5.75 Å². The van der Waals surface area contributed by atoms with E-state index in [0.717, 1.165) is 48.3 Å². The van der Waals surface area contributed by atoms with Crippen LogP contribution in [0, 0.1) is 0 Å². The van der Waals surface area contributed by atoms with Gasteiger partial charge in [-0.2, -0.15) is 10.2 Å². The van der Waals surface area contributed by atoms with E-state index < -0.39 is 11.9 Å². The first-order valence-corrected chi connectivity index (χ1v) is 11.9. The number of ether oxygens (including phenoxy) is 1. The second kappa shape index (κ2) is 8.74. The van der Waals surface area contributed by atoms with Crippen molar-refractivity contribution in [3.05, 3.63) is 65.4 Å². The molecule has 0 radical (unpaired) electrons. The van der Waals surface area contributed by atoms with Crippen LogP contribution in [-0.4, -0.2) is 63.0 Å². The molecule has 0 saturated carbocycles. The summed E-state index contributed by atoms with van der Waals surface area (Å²) in [4.78, 5) is 40.5. The van der Waals surface area contributed by atoms with Crippen LogP contribution >= 0.6 is 0 Å². The Balaban J connectivity index is 1.08. The summed E-state index contributed by atoms with van der Waals surface area (Å²) in [5, 5.41) is 11.5. The van der Waals surface area contributed by atoms with Crippen molar-refractivity contribution in [3.8, 4) is 5.75 Å². The van der Waals surface area contributed by atoms with Gasteiger partial charge in [0.15, 0.2) is 0 Å². The molecule has 9 nitrogen and oxygen atoms in total. The second-order valence-corrected chi connectivity index (χ2v) is 9.41. The van der Waals surface area contributed by atoms with Gasteiger partial charge in [0, 0.05) is 43.5 Å². The predicted octanol–water partition coefficient (Wildman–Crippen LogP) is 2.04. The van der Waals surface area contributed by atoms with Crippen LogP contribution in [0.25, 0.3) is 10.9 Å². The largest absolute Gasteiger partial charge is 0.489 e. The number of imide groups is 1. The van der Waals surface area contributed by atoms with Crippen LogP contribution in [0.4, 0.5) is 0 Å². The zero-order valence-electron chi connectivity index (χ0n) is 19.1. The van der Waals surface area contributed by atoms with Crippen LogP contribution in [0.2, 0.25) is 0 Å². The Morgan fingerprint density at radius 1 is 1.06 bits per heavy atom. The molecule has 3 aliphatic heterocycles. The third-order valence-electron chi connectivity index (χ3n) is 7.01. The Bertz CT molecular complexity index is 1340. The minimum Gasteiger partial charge on any atom is -0.489 e. The molecule has 2 fully saturated rings. The van der Waals surface area contributed by atoms with Gasteiger partial charge in [-0.25, -0.2) is 0 Å². The lowest BCUT2D eigenvalue weighted by Crippen LogP contribution is -2.52. The van der Waals surface area contributed by atoms with E-state index in [0.29, 0.717) is 18.5 Å². The maximum absolute atomic E-state index is 12.9. The van der Waals surface area contributed by atoms with Crippen molar-refractivity contribution in [2.45, 2.75) is 44.5 Å². The van der Waals surface area contributed by atoms with E-state index in [2.05, 4.69) is 32.5 Å². The van der Waals surface area contributed by atoms with Gasteiger partial charge in [0.2, 0.25) is 11.8 Å². The number of benzene rings is 2. The van der Waals surface area contributed by atoms with E-state index in [-0.39, 0.29) is 24.3 Å². The van der Waals surface area contributed by atoms with Crippen molar-refractivity contribution in [1.29, 1.82) is 0 Å². The molecule has 1 N–H and O–H groups in total. The lowest BCUT2D eigenvalue weighted by Gasteiger charge is -2.29. The van der Waals surface area contributed by atoms with E-state index in [1.807, 2.05) is 24.3 Å². The van der Waals surface area contributed by atoms with Crippen molar-refractivity contribution in [2.24, 2.45) is 0 Å². The average Bonchev–Trinajstić information content (AvgIpc) is 3.42. The number of hydrogen-bond donors (Lipinski definition) is 1. The fraction of sp³-hybridized carbons (Fsp3) is 0.346. The Morgan fingerprint density at radius 3 is 2.86 bits per heavy atom. The zero-order chi connectivity index (χ0) is 23.9. The van der Waals surface area contributed by atoms with E-state index in [4.69, 9.17) is 4.74 Å².